The number of hydrogen-bond acceptors (Lipinski definition) is 4. The molecule has 6 heteroatoms. The highest BCUT2D eigenvalue weighted by Crippen LogP contribution is 2.22. The molecule has 0 saturated carbocycles. The van der Waals surface area contributed by atoms with Crippen molar-refractivity contribution in [2.24, 2.45) is 0 Å². The topological polar surface area (TPSA) is 51.2 Å². The average Bonchev–Trinajstić information content (AvgIpc) is 2.21. The molecule has 1 rings (SSSR count). The Bertz CT molecular complexity index is 358. The summed E-state index contributed by atoms with van der Waals surface area (Å²) in [6.45, 7) is 0.418. The quantitative estimate of drug-likeness (QED) is 0.832. The van der Waals surface area contributed by atoms with E-state index in [4.69, 9.17) is 23.2 Å². The molecule has 0 radical (unpaired) electrons. The van der Waals surface area contributed by atoms with Gasteiger partial charge < -0.3 is 10.1 Å². The fourth-order valence-electron chi connectivity index (χ4n) is 0.930. The predicted octanol–water partition coefficient (Wildman–Crippen LogP) is 2.36. The zero-order valence-corrected chi connectivity index (χ0v) is 9.60. The Morgan fingerprint density at radius 1 is 1.60 bits per heavy atom. The van der Waals surface area contributed by atoms with Crippen molar-refractivity contribution in [3.05, 3.63) is 22.3 Å². The molecule has 0 amide bonds. The molecule has 1 heterocycles. The fourth-order valence-corrected chi connectivity index (χ4v) is 1.38. The lowest BCUT2D eigenvalue weighted by Crippen LogP contribution is -2.10. The number of rotatable bonds is 4. The molecule has 0 unspecified atom stereocenters. The number of methoxy groups -OCH3 is 1. The molecular weight excluding hydrogens is 239 g/mol. The summed E-state index contributed by atoms with van der Waals surface area (Å²) in [5.74, 6) is 0.220. The Balaban J connectivity index is 2.47. The van der Waals surface area contributed by atoms with E-state index < -0.39 is 0 Å². The van der Waals surface area contributed by atoms with Gasteiger partial charge in [0.15, 0.2) is 0 Å². The number of carbonyl (C=O) groups is 1. The first-order valence-electron chi connectivity index (χ1n) is 4.25. The standard InChI is InChI=1S/C9H10Cl2N2O2/c1-15-8(14)2-3-12-9-7(11)4-6(10)5-13-9/h4-5H,2-3H2,1H3,(H,12,13). The maximum atomic E-state index is 10.8. The van der Waals surface area contributed by atoms with Gasteiger partial charge in [-0.15, -0.1) is 0 Å². The van der Waals surface area contributed by atoms with Crippen molar-refractivity contribution >= 4 is 35.0 Å². The third-order valence-corrected chi connectivity index (χ3v) is 2.15. The summed E-state index contributed by atoms with van der Waals surface area (Å²) in [5.41, 5.74) is 0. The molecule has 0 bridgehead atoms. The molecule has 1 N–H and O–H groups in total. The van der Waals surface area contributed by atoms with Crippen molar-refractivity contribution in [2.45, 2.75) is 6.42 Å². The number of anilines is 1. The van der Waals surface area contributed by atoms with Gasteiger partial charge in [-0.1, -0.05) is 23.2 Å². The van der Waals surface area contributed by atoms with Gasteiger partial charge in [0.25, 0.3) is 0 Å². The summed E-state index contributed by atoms with van der Waals surface area (Å²) in [4.78, 5) is 14.8. The van der Waals surface area contributed by atoms with E-state index in [-0.39, 0.29) is 12.4 Å². The van der Waals surface area contributed by atoms with Crippen LogP contribution < -0.4 is 5.32 Å². The molecular formula is C9H10Cl2N2O2. The lowest BCUT2D eigenvalue weighted by Gasteiger charge is -2.06. The first kappa shape index (κ1) is 12.1. The molecule has 0 aromatic carbocycles. The zero-order valence-electron chi connectivity index (χ0n) is 8.09. The monoisotopic (exact) mass is 248 g/mol. The molecule has 0 atom stereocenters. The summed E-state index contributed by atoms with van der Waals surface area (Å²) in [5, 5.41) is 3.80. The normalized spacial score (nSPS) is 9.80. The molecule has 0 saturated heterocycles. The van der Waals surface area contributed by atoms with Gasteiger partial charge in [0.2, 0.25) is 0 Å². The van der Waals surface area contributed by atoms with Gasteiger partial charge in [-0.25, -0.2) is 4.98 Å². The number of halogens is 2. The van der Waals surface area contributed by atoms with Crippen LogP contribution in [0, 0.1) is 0 Å². The molecule has 0 fully saturated rings. The van der Waals surface area contributed by atoms with Gasteiger partial charge in [0.1, 0.15) is 5.82 Å². The first-order valence-corrected chi connectivity index (χ1v) is 5.01. The highest BCUT2D eigenvalue weighted by Gasteiger charge is 2.04. The molecule has 1 aromatic rings. The van der Waals surface area contributed by atoms with E-state index >= 15 is 0 Å². The van der Waals surface area contributed by atoms with Crippen LogP contribution in [0.2, 0.25) is 10.0 Å². The summed E-state index contributed by atoms with van der Waals surface area (Å²) in [7, 11) is 1.34. The highest BCUT2D eigenvalue weighted by atomic mass is 35.5. The van der Waals surface area contributed by atoms with Gasteiger partial charge in [-0.05, 0) is 6.07 Å². The Kier molecular flexibility index (Phi) is 4.65. The van der Waals surface area contributed by atoms with Gasteiger partial charge in [-0.2, -0.15) is 0 Å². The largest absolute Gasteiger partial charge is 0.469 e. The van der Waals surface area contributed by atoms with Crippen molar-refractivity contribution in [1.29, 1.82) is 0 Å². The van der Waals surface area contributed by atoms with E-state index in [0.29, 0.717) is 22.4 Å². The third kappa shape index (κ3) is 3.93. The summed E-state index contributed by atoms with van der Waals surface area (Å²) in [6, 6.07) is 1.58. The molecule has 1 aromatic heterocycles. The Labute approximate surface area is 97.5 Å². The number of ether oxygens (including phenoxy) is 1. The number of esters is 1. The van der Waals surface area contributed by atoms with Crippen molar-refractivity contribution in [2.75, 3.05) is 19.0 Å². The molecule has 82 valence electrons. The highest BCUT2D eigenvalue weighted by molar-refractivity contribution is 6.35. The van der Waals surface area contributed by atoms with E-state index in [1.807, 2.05) is 0 Å². The van der Waals surface area contributed by atoms with Gasteiger partial charge in [-0.3, -0.25) is 4.79 Å². The maximum Gasteiger partial charge on any atom is 0.307 e. The van der Waals surface area contributed by atoms with Crippen LogP contribution in [0.25, 0.3) is 0 Å². The van der Waals surface area contributed by atoms with Crippen LogP contribution in [0.1, 0.15) is 6.42 Å². The van der Waals surface area contributed by atoms with Crippen LogP contribution in [0.15, 0.2) is 12.3 Å². The minimum Gasteiger partial charge on any atom is -0.469 e. The van der Waals surface area contributed by atoms with Crippen LogP contribution in [0.4, 0.5) is 5.82 Å². The lowest BCUT2D eigenvalue weighted by atomic mass is 10.4. The van der Waals surface area contributed by atoms with E-state index in [1.165, 1.54) is 13.3 Å². The molecule has 0 aliphatic rings. The van der Waals surface area contributed by atoms with Crippen molar-refractivity contribution in [1.82, 2.24) is 4.98 Å². The first-order chi connectivity index (χ1) is 7.13. The summed E-state index contributed by atoms with van der Waals surface area (Å²) in [6.07, 6.45) is 1.74. The van der Waals surface area contributed by atoms with Crippen LogP contribution in [-0.2, 0) is 9.53 Å². The van der Waals surface area contributed by atoms with Crippen LogP contribution >= 0.6 is 23.2 Å². The third-order valence-electron chi connectivity index (χ3n) is 1.66. The second kappa shape index (κ2) is 5.78. The Hall–Kier alpha value is -1.000. The van der Waals surface area contributed by atoms with Gasteiger partial charge in [0.05, 0.1) is 23.6 Å². The van der Waals surface area contributed by atoms with Crippen molar-refractivity contribution < 1.29 is 9.53 Å². The van der Waals surface area contributed by atoms with E-state index in [1.54, 1.807) is 6.07 Å². The minimum absolute atomic E-state index is 0.261. The van der Waals surface area contributed by atoms with Gasteiger partial charge >= 0.3 is 5.97 Å². The number of nitrogens with zero attached hydrogens (tertiary/aromatic N) is 1. The molecule has 15 heavy (non-hydrogen) atoms. The number of nitrogens with one attached hydrogen (secondary N) is 1. The van der Waals surface area contributed by atoms with Gasteiger partial charge in [0, 0.05) is 12.7 Å². The van der Waals surface area contributed by atoms with E-state index in [0.717, 1.165) is 0 Å². The van der Waals surface area contributed by atoms with Crippen LogP contribution in [-0.4, -0.2) is 24.6 Å². The summed E-state index contributed by atoms with van der Waals surface area (Å²) >= 11 is 11.5. The smallest absolute Gasteiger partial charge is 0.307 e. The van der Waals surface area contributed by atoms with Crippen molar-refractivity contribution in [3.63, 3.8) is 0 Å². The summed E-state index contributed by atoms with van der Waals surface area (Å²) < 4.78 is 4.48. The predicted molar refractivity (Wildman–Crippen MR) is 59.4 cm³/mol. The minimum atomic E-state index is -0.285. The molecule has 0 aliphatic heterocycles. The maximum absolute atomic E-state index is 10.8. The number of aromatic nitrogens is 1. The second-order valence-corrected chi connectivity index (χ2v) is 3.58. The second-order valence-electron chi connectivity index (χ2n) is 2.74. The fraction of sp³-hybridized carbons (Fsp3) is 0.333. The van der Waals surface area contributed by atoms with E-state index in [2.05, 4.69) is 15.0 Å². The zero-order chi connectivity index (χ0) is 11.3. The van der Waals surface area contributed by atoms with E-state index in [9.17, 15) is 4.79 Å². The number of carbonyl (C=O) groups excluding carboxylic acids is 1. The molecule has 0 spiro atoms. The lowest BCUT2D eigenvalue weighted by molar-refractivity contribution is -0.140. The Morgan fingerprint density at radius 2 is 2.33 bits per heavy atom. The Morgan fingerprint density at radius 3 is 2.93 bits per heavy atom. The SMILES string of the molecule is COC(=O)CCNc1ncc(Cl)cc1Cl. The molecule has 4 nitrogen and oxygen atoms in total. The number of hydrogen-bond donors (Lipinski definition) is 1. The van der Waals surface area contributed by atoms with Crippen LogP contribution in [0.3, 0.4) is 0 Å². The number of pyridine rings is 1. The molecule has 0 aliphatic carbocycles. The van der Waals surface area contributed by atoms with Crippen molar-refractivity contribution in [3.8, 4) is 0 Å². The van der Waals surface area contributed by atoms with Crippen LogP contribution in [0.5, 0.6) is 0 Å². The average molecular weight is 249 g/mol.